The summed E-state index contributed by atoms with van der Waals surface area (Å²) < 4.78 is 0. The van der Waals surface area contributed by atoms with Crippen LogP contribution in [-0.2, 0) is 4.79 Å². The zero-order valence-electron chi connectivity index (χ0n) is 15.1. The van der Waals surface area contributed by atoms with Crippen molar-refractivity contribution in [1.82, 2.24) is 15.5 Å². The van der Waals surface area contributed by atoms with E-state index in [-0.39, 0.29) is 17.4 Å². The summed E-state index contributed by atoms with van der Waals surface area (Å²) in [5.74, 6) is 0.942. The number of carbonyl (C=O) groups excluding carboxylic acids is 1. The third-order valence-electron chi connectivity index (χ3n) is 4.41. The van der Waals surface area contributed by atoms with Gasteiger partial charge in [-0.15, -0.1) is 0 Å². The third kappa shape index (κ3) is 5.31. The van der Waals surface area contributed by atoms with E-state index >= 15 is 0 Å². The lowest BCUT2D eigenvalue weighted by molar-refractivity contribution is -0.125. The van der Waals surface area contributed by atoms with Crippen LogP contribution in [0.5, 0.6) is 0 Å². The molecule has 0 saturated carbocycles. The summed E-state index contributed by atoms with van der Waals surface area (Å²) in [5, 5.41) is 14.3. The zero-order valence-corrected chi connectivity index (χ0v) is 15.1. The van der Waals surface area contributed by atoms with Crippen molar-refractivity contribution in [2.24, 2.45) is 5.92 Å². The molecule has 0 radical (unpaired) electrons. The Bertz CT molecular complexity index is 742. The molecule has 25 heavy (non-hydrogen) atoms. The molecular weight excluding hydrogens is 316 g/mol. The van der Waals surface area contributed by atoms with Gasteiger partial charge in [-0.25, -0.2) is 5.10 Å². The summed E-state index contributed by atoms with van der Waals surface area (Å²) in [6.45, 7) is 5.52. The molecule has 0 spiro atoms. The fraction of sp³-hybridized carbons (Fsp3) is 0.526. The maximum absolute atomic E-state index is 12.1. The molecule has 0 aliphatic rings. The first kappa shape index (κ1) is 19.0. The van der Waals surface area contributed by atoms with Gasteiger partial charge in [0.25, 0.3) is 5.56 Å². The minimum Gasteiger partial charge on any atom is -0.368 e. The molecule has 1 heterocycles. The van der Waals surface area contributed by atoms with Gasteiger partial charge in [0.1, 0.15) is 0 Å². The molecule has 1 aromatic carbocycles. The Morgan fingerprint density at radius 3 is 2.64 bits per heavy atom. The Hall–Kier alpha value is -2.37. The number of unbranched alkanes of at least 4 members (excludes halogenated alkanes) is 1. The quantitative estimate of drug-likeness (QED) is 0.578. The Balaban J connectivity index is 1.79. The predicted molar refractivity (Wildman–Crippen MR) is 102 cm³/mol. The second kappa shape index (κ2) is 9.81. The van der Waals surface area contributed by atoms with Gasteiger partial charge < -0.3 is 10.6 Å². The minimum absolute atomic E-state index is 0.123. The highest BCUT2D eigenvalue weighted by atomic mass is 16.2. The molecule has 2 aromatic rings. The first-order valence-electron chi connectivity index (χ1n) is 9.16. The molecule has 1 aromatic heterocycles. The van der Waals surface area contributed by atoms with Crippen LogP contribution in [0.25, 0.3) is 10.8 Å². The number of benzene rings is 1. The van der Waals surface area contributed by atoms with E-state index in [4.69, 9.17) is 0 Å². The molecule has 0 saturated heterocycles. The van der Waals surface area contributed by atoms with Crippen molar-refractivity contribution in [3.63, 3.8) is 0 Å². The third-order valence-corrected chi connectivity index (χ3v) is 4.41. The normalized spacial score (nSPS) is 12.1. The number of amides is 1. The number of hydrogen-bond acceptors (Lipinski definition) is 4. The van der Waals surface area contributed by atoms with Crippen LogP contribution in [0.3, 0.4) is 0 Å². The fourth-order valence-corrected chi connectivity index (χ4v) is 2.87. The fourth-order valence-electron chi connectivity index (χ4n) is 2.87. The Morgan fingerprint density at radius 2 is 1.92 bits per heavy atom. The van der Waals surface area contributed by atoms with Crippen LogP contribution in [0.1, 0.15) is 46.0 Å². The lowest BCUT2D eigenvalue weighted by Crippen LogP contribution is -2.32. The highest BCUT2D eigenvalue weighted by Gasteiger charge is 2.14. The van der Waals surface area contributed by atoms with Crippen molar-refractivity contribution in [3.05, 3.63) is 34.6 Å². The van der Waals surface area contributed by atoms with E-state index in [0.29, 0.717) is 24.3 Å². The first-order valence-corrected chi connectivity index (χ1v) is 9.16. The highest BCUT2D eigenvalue weighted by Crippen LogP contribution is 2.16. The summed E-state index contributed by atoms with van der Waals surface area (Å²) in [6.07, 6.45) is 4.86. The van der Waals surface area contributed by atoms with Gasteiger partial charge in [0.05, 0.1) is 5.39 Å². The first-order chi connectivity index (χ1) is 12.2. The van der Waals surface area contributed by atoms with Crippen molar-refractivity contribution in [3.8, 4) is 0 Å². The minimum atomic E-state index is -0.189. The summed E-state index contributed by atoms with van der Waals surface area (Å²) in [7, 11) is 0. The number of aromatic amines is 1. The zero-order chi connectivity index (χ0) is 18.1. The molecular formula is C19H28N4O2. The number of carbonyl (C=O) groups is 1. The molecule has 2 rings (SSSR count). The number of nitrogens with zero attached hydrogens (tertiary/aromatic N) is 1. The molecule has 0 fully saturated rings. The lowest BCUT2D eigenvalue weighted by atomic mass is 9.98. The van der Waals surface area contributed by atoms with Gasteiger partial charge in [-0.2, -0.15) is 5.10 Å². The van der Waals surface area contributed by atoms with Crippen molar-refractivity contribution in [2.75, 3.05) is 18.4 Å². The molecule has 6 heteroatoms. The standard InChI is InChI=1S/C19H28N4O2/c1-3-5-9-14(4-2)18(24)21-13-8-12-20-17-15-10-6-7-11-16(15)19(25)23-22-17/h6-7,10-11,14H,3-5,8-9,12-13H2,1-2H3,(H,20,22)(H,21,24)(H,23,25). The Kier molecular flexibility index (Phi) is 7.44. The number of rotatable bonds is 10. The maximum Gasteiger partial charge on any atom is 0.272 e. The van der Waals surface area contributed by atoms with Gasteiger partial charge in [-0.05, 0) is 25.3 Å². The largest absolute Gasteiger partial charge is 0.368 e. The van der Waals surface area contributed by atoms with Crippen LogP contribution in [0.4, 0.5) is 5.82 Å². The second-order valence-corrected chi connectivity index (χ2v) is 6.27. The average molecular weight is 344 g/mol. The van der Waals surface area contributed by atoms with Gasteiger partial charge in [0, 0.05) is 24.4 Å². The summed E-state index contributed by atoms with van der Waals surface area (Å²) in [4.78, 5) is 23.9. The van der Waals surface area contributed by atoms with Crippen LogP contribution in [0.2, 0.25) is 0 Å². The number of hydrogen-bond donors (Lipinski definition) is 3. The molecule has 1 amide bonds. The molecule has 0 bridgehead atoms. The summed E-state index contributed by atoms with van der Waals surface area (Å²) in [5.41, 5.74) is -0.189. The van der Waals surface area contributed by atoms with E-state index in [1.54, 1.807) is 6.07 Å². The van der Waals surface area contributed by atoms with Crippen LogP contribution < -0.4 is 16.2 Å². The van der Waals surface area contributed by atoms with E-state index in [0.717, 1.165) is 37.5 Å². The van der Waals surface area contributed by atoms with E-state index < -0.39 is 0 Å². The van der Waals surface area contributed by atoms with E-state index in [9.17, 15) is 9.59 Å². The van der Waals surface area contributed by atoms with Crippen molar-refractivity contribution in [2.45, 2.75) is 46.0 Å². The number of H-pyrrole nitrogens is 1. The monoisotopic (exact) mass is 344 g/mol. The molecule has 1 unspecified atom stereocenters. The molecule has 6 nitrogen and oxygen atoms in total. The SMILES string of the molecule is CCCCC(CC)C(=O)NCCCNc1n[nH]c(=O)c2ccccc12. The van der Waals surface area contributed by atoms with E-state index in [2.05, 4.69) is 34.7 Å². The van der Waals surface area contributed by atoms with Gasteiger partial charge in [-0.3, -0.25) is 9.59 Å². The molecule has 3 N–H and O–H groups in total. The number of fused-ring (bicyclic) bond motifs is 1. The van der Waals surface area contributed by atoms with Crippen LogP contribution in [0.15, 0.2) is 29.1 Å². The molecule has 0 aliphatic heterocycles. The van der Waals surface area contributed by atoms with Crippen molar-refractivity contribution in [1.29, 1.82) is 0 Å². The number of aromatic nitrogens is 2. The second-order valence-electron chi connectivity index (χ2n) is 6.27. The lowest BCUT2D eigenvalue weighted by Gasteiger charge is -2.14. The average Bonchev–Trinajstić information content (AvgIpc) is 2.64. The topological polar surface area (TPSA) is 86.9 Å². The van der Waals surface area contributed by atoms with Gasteiger partial charge in [0.15, 0.2) is 5.82 Å². The van der Waals surface area contributed by atoms with E-state index in [1.807, 2.05) is 18.2 Å². The number of nitrogens with one attached hydrogen (secondary N) is 3. The smallest absolute Gasteiger partial charge is 0.272 e. The summed E-state index contributed by atoms with van der Waals surface area (Å²) in [6, 6.07) is 7.37. The predicted octanol–water partition coefficient (Wildman–Crippen LogP) is 3.06. The molecule has 1 atom stereocenters. The van der Waals surface area contributed by atoms with Crippen molar-refractivity contribution < 1.29 is 4.79 Å². The van der Waals surface area contributed by atoms with Crippen LogP contribution >= 0.6 is 0 Å². The Morgan fingerprint density at radius 1 is 1.16 bits per heavy atom. The van der Waals surface area contributed by atoms with E-state index in [1.165, 1.54) is 0 Å². The van der Waals surface area contributed by atoms with Crippen LogP contribution in [0, 0.1) is 5.92 Å². The van der Waals surface area contributed by atoms with Gasteiger partial charge in [-0.1, -0.05) is 44.9 Å². The molecule has 136 valence electrons. The maximum atomic E-state index is 12.1. The van der Waals surface area contributed by atoms with Gasteiger partial charge in [0.2, 0.25) is 5.91 Å². The van der Waals surface area contributed by atoms with Crippen molar-refractivity contribution >= 4 is 22.5 Å². The van der Waals surface area contributed by atoms with Gasteiger partial charge >= 0.3 is 0 Å². The highest BCUT2D eigenvalue weighted by molar-refractivity contribution is 5.90. The molecule has 0 aliphatic carbocycles. The number of anilines is 1. The Labute approximate surface area is 148 Å². The summed E-state index contributed by atoms with van der Waals surface area (Å²) >= 11 is 0. The van der Waals surface area contributed by atoms with Crippen LogP contribution in [-0.4, -0.2) is 29.2 Å².